The van der Waals surface area contributed by atoms with Crippen LogP contribution < -0.4 is 5.56 Å². The lowest BCUT2D eigenvalue weighted by molar-refractivity contribution is 0.677. The van der Waals surface area contributed by atoms with Gasteiger partial charge in [-0.3, -0.25) is 14.0 Å². The zero-order valence-electron chi connectivity index (χ0n) is 11.8. The van der Waals surface area contributed by atoms with E-state index >= 15 is 0 Å². The summed E-state index contributed by atoms with van der Waals surface area (Å²) in [6.07, 6.45) is 3.62. The van der Waals surface area contributed by atoms with Crippen LogP contribution in [0.25, 0.3) is 10.9 Å². The second-order valence-corrected chi connectivity index (χ2v) is 5.67. The van der Waals surface area contributed by atoms with E-state index in [1.807, 2.05) is 38.4 Å². The molecule has 108 valence electrons. The van der Waals surface area contributed by atoms with Crippen LogP contribution in [0.1, 0.15) is 23.7 Å². The predicted molar refractivity (Wildman–Crippen MR) is 82.6 cm³/mol. The van der Waals surface area contributed by atoms with E-state index in [0.29, 0.717) is 23.3 Å². The number of halogens is 1. The summed E-state index contributed by atoms with van der Waals surface area (Å²) in [7, 11) is 1.84. The lowest BCUT2D eigenvalue weighted by atomic mass is 10.2. The first kappa shape index (κ1) is 13.8. The third kappa shape index (κ3) is 2.56. The van der Waals surface area contributed by atoms with Crippen LogP contribution in [0, 0.1) is 0 Å². The third-order valence-corrected chi connectivity index (χ3v) is 3.54. The van der Waals surface area contributed by atoms with Gasteiger partial charge in [0.15, 0.2) is 0 Å². The second-order valence-electron chi connectivity index (χ2n) is 5.02. The molecule has 1 aromatic carbocycles. The molecule has 0 saturated carbocycles. The molecule has 0 N–H and O–H groups in total. The number of para-hydroxylation sites is 1. The van der Waals surface area contributed by atoms with Crippen molar-refractivity contribution >= 4 is 22.5 Å². The Morgan fingerprint density at radius 1 is 1.33 bits per heavy atom. The van der Waals surface area contributed by atoms with Crippen molar-refractivity contribution in [3.8, 4) is 0 Å². The SMILES string of the molecule is CC(Cl)c1nc2ccccc2c(=O)n1Cc1cnn(C)c1. The molecule has 0 fully saturated rings. The minimum absolute atomic E-state index is 0.0769. The molecular formula is C15H15ClN4O. The molecule has 0 saturated heterocycles. The van der Waals surface area contributed by atoms with Crippen LogP contribution in [-0.4, -0.2) is 19.3 Å². The normalized spacial score (nSPS) is 12.7. The van der Waals surface area contributed by atoms with Crippen LogP contribution >= 0.6 is 11.6 Å². The Morgan fingerprint density at radius 2 is 2.10 bits per heavy atom. The van der Waals surface area contributed by atoms with E-state index < -0.39 is 0 Å². The summed E-state index contributed by atoms with van der Waals surface area (Å²) >= 11 is 6.21. The highest BCUT2D eigenvalue weighted by Gasteiger charge is 2.15. The largest absolute Gasteiger partial charge is 0.290 e. The van der Waals surface area contributed by atoms with Crippen molar-refractivity contribution in [2.24, 2.45) is 7.05 Å². The number of aryl methyl sites for hydroxylation is 1. The van der Waals surface area contributed by atoms with Gasteiger partial charge in [0.25, 0.3) is 5.56 Å². The maximum atomic E-state index is 12.7. The maximum absolute atomic E-state index is 12.7. The summed E-state index contributed by atoms with van der Waals surface area (Å²) in [5.74, 6) is 0.573. The van der Waals surface area contributed by atoms with Gasteiger partial charge in [-0.05, 0) is 19.1 Å². The number of benzene rings is 1. The fourth-order valence-corrected chi connectivity index (χ4v) is 2.54. The van der Waals surface area contributed by atoms with Crippen molar-refractivity contribution in [3.63, 3.8) is 0 Å². The number of aromatic nitrogens is 4. The second kappa shape index (κ2) is 5.33. The van der Waals surface area contributed by atoms with Crippen molar-refractivity contribution in [2.45, 2.75) is 18.8 Å². The van der Waals surface area contributed by atoms with Gasteiger partial charge in [0, 0.05) is 18.8 Å². The van der Waals surface area contributed by atoms with Crippen LogP contribution in [0.5, 0.6) is 0 Å². The van der Waals surface area contributed by atoms with Crippen LogP contribution in [0.2, 0.25) is 0 Å². The third-order valence-electron chi connectivity index (χ3n) is 3.35. The van der Waals surface area contributed by atoms with Crippen LogP contribution in [0.4, 0.5) is 0 Å². The first-order valence-electron chi connectivity index (χ1n) is 6.67. The molecule has 21 heavy (non-hydrogen) atoms. The molecular weight excluding hydrogens is 288 g/mol. The molecule has 2 heterocycles. The molecule has 0 radical (unpaired) electrons. The lowest BCUT2D eigenvalue weighted by Crippen LogP contribution is -2.26. The average molecular weight is 303 g/mol. The smallest absolute Gasteiger partial charge is 0.261 e. The maximum Gasteiger partial charge on any atom is 0.261 e. The summed E-state index contributed by atoms with van der Waals surface area (Å²) < 4.78 is 3.33. The molecule has 1 atom stereocenters. The quantitative estimate of drug-likeness (QED) is 0.698. The fourth-order valence-electron chi connectivity index (χ4n) is 2.38. The van der Waals surface area contributed by atoms with Crippen molar-refractivity contribution in [1.29, 1.82) is 0 Å². The highest BCUT2D eigenvalue weighted by atomic mass is 35.5. The fraction of sp³-hybridized carbons (Fsp3) is 0.267. The van der Waals surface area contributed by atoms with Gasteiger partial charge in [-0.1, -0.05) is 12.1 Å². The monoisotopic (exact) mass is 302 g/mol. The van der Waals surface area contributed by atoms with E-state index in [9.17, 15) is 4.79 Å². The standard InChI is InChI=1S/C15H15ClN4O/c1-10(16)14-18-13-6-4-3-5-12(13)15(21)20(14)9-11-7-17-19(2)8-11/h3-8,10H,9H2,1-2H3. The van der Waals surface area contributed by atoms with Crippen molar-refractivity contribution < 1.29 is 0 Å². The van der Waals surface area contributed by atoms with Crippen molar-refractivity contribution in [1.82, 2.24) is 19.3 Å². The summed E-state index contributed by atoms with van der Waals surface area (Å²) in [5, 5.41) is 4.38. The first-order valence-corrected chi connectivity index (χ1v) is 7.11. The first-order chi connectivity index (χ1) is 10.1. The Balaban J connectivity index is 2.21. The molecule has 3 aromatic rings. The van der Waals surface area contributed by atoms with Crippen molar-refractivity contribution in [2.75, 3.05) is 0 Å². The number of rotatable bonds is 3. The zero-order chi connectivity index (χ0) is 15.0. The van der Waals surface area contributed by atoms with Gasteiger partial charge in [0.1, 0.15) is 5.82 Å². The van der Waals surface area contributed by atoms with Gasteiger partial charge in [-0.2, -0.15) is 5.10 Å². The van der Waals surface area contributed by atoms with Gasteiger partial charge in [-0.15, -0.1) is 11.6 Å². The molecule has 5 nitrogen and oxygen atoms in total. The number of nitrogens with zero attached hydrogens (tertiary/aromatic N) is 4. The number of fused-ring (bicyclic) bond motifs is 1. The van der Waals surface area contributed by atoms with E-state index in [0.717, 1.165) is 5.56 Å². The molecule has 2 aromatic heterocycles. The Morgan fingerprint density at radius 3 is 2.76 bits per heavy atom. The van der Waals surface area contributed by atoms with E-state index in [1.165, 1.54) is 0 Å². The summed E-state index contributed by atoms with van der Waals surface area (Å²) in [6, 6.07) is 7.31. The summed E-state index contributed by atoms with van der Waals surface area (Å²) in [5.41, 5.74) is 1.54. The van der Waals surface area contributed by atoms with Gasteiger partial charge in [0.05, 0.1) is 29.0 Å². The molecule has 0 bridgehead atoms. The molecule has 0 aliphatic carbocycles. The summed E-state index contributed by atoms with van der Waals surface area (Å²) in [4.78, 5) is 17.2. The molecule has 6 heteroatoms. The van der Waals surface area contributed by atoms with Crippen LogP contribution in [0.15, 0.2) is 41.5 Å². The highest BCUT2D eigenvalue weighted by molar-refractivity contribution is 6.20. The molecule has 3 rings (SSSR count). The van der Waals surface area contributed by atoms with Gasteiger partial charge < -0.3 is 0 Å². The highest BCUT2D eigenvalue weighted by Crippen LogP contribution is 2.19. The molecule has 0 aliphatic rings. The van der Waals surface area contributed by atoms with Gasteiger partial charge in [0.2, 0.25) is 0 Å². The zero-order valence-corrected chi connectivity index (χ0v) is 12.6. The Labute approximate surface area is 126 Å². The molecule has 0 aliphatic heterocycles. The molecule has 0 spiro atoms. The predicted octanol–water partition coefficient (Wildman–Crippen LogP) is 2.48. The lowest BCUT2D eigenvalue weighted by Gasteiger charge is -2.14. The van der Waals surface area contributed by atoms with Gasteiger partial charge in [-0.25, -0.2) is 4.98 Å². The average Bonchev–Trinajstić information content (AvgIpc) is 2.87. The van der Waals surface area contributed by atoms with E-state index in [4.69, 9.17) is 11.6 Å². The number of hydrogen-bond acceptors (Lipinski definition) is 3. The number of hydrogen-bond donors (Lipinski definition) is 0. The summed E-state index contributed by atoms with van der Waals surface area (Å²) in [6.45, 7) is 2.23. The van der Waals surface area contributed by atoms with E-state index in [-0.39, 0.29) is 10.9 Å². The van der Waals surface area contributed by atoms with Crippen LogP contribution in [0.3, 0.4) is 0 Å². The minimum Gasteiger partial charge on any atom is -0.290 e. The topological polar surface area (TPSA) is 52.7 Å². The number of alkyl halides is 1. The van der Waals surface area contributed by atoms with Gasteiger partial charge >= 0.3 is 0 Å². The Bertz CT molecular complexity index is 850. The van der Waals surface area contributed by atoms with Crippen LogP contribution in [-0.2, 0) is 13.6 Å². The Hall–Kier alpha value is -2.14. The van der Waals surface area contributed by atoms with E-state index in [2.05, 4.69) is 10.1 Å². The molecule has 1 unspecified atom stereocenters. The Kier molecular flexibility index (Phi) is 3.51. The molecule has 0 amide bonds. The van der Waals surface area contributed by atoms with E-state index in [1.54, 1.807) is 21.5 Å². The minimum atomic E-state index is -0.348. The van der Waals surface area contributed by atoms with Crippen molar-refractivity contribution in [3.05, 3.63) is 58.4 Å².